The van der Waals surface area contributed by atoms with Crippen LogP contribution in [-0.4, -0.2) is 25.8 Å². The first-order valence-electron chi connectivity index (χ1n) is 2.73. The first-order valence-corrected chi connectivity index (χ1v) is 2.73. The molecule has 9 heavy (non-hydrogen) atoms. The smallest absolute Gasteiger partial charge is 0.312 e. The Morgan fingerprint density at radius 3 is 2.89 bits per heavy atom. The average molecular weight is 129 g/mol. The molecule has 0 aromatic rings. The topological polar surface area (TPSA) is 67.5 Å². The Morgan fingerprint density at radius 2 is 2.44 bits per heavy atom. The SMILES string of the molecule is C=NCCCNC(N)=O. The first kappa shape index (κ1) is 7.94. The second kappa shape index (κ2) is 5.08. The van der Waals surface area contributed by atoms with E-state index in [1.54, 1.807) is 0 Å². The Labute approximate surface area is 54.1 Å². The standard InChI is InChI=1S/C5H11N3O/c1-7-3-2-4-8-5(6)9/h1-4H2,(H3,6,8,9). The van der Waals surface area contributed by atoms with Crippen LogP contribution in [-0.2, 0) is 0 Å². The maximum atomic E-state index is 10.0. The molecule has 3 N–H and O–H groups in total. The third kappa shape index (κ3) is 6.94. The lowest BCUT2D eigenvalue weighted by atomic mass is 10.4. The van der Waals surface area contributed by atoms with Gasteiger partial charge >= 0.3 is 6.03 Å². The van der Waals surface area contributed by atoms with Gasteiger partial charge in [-0.3, -0.25) is 0 Å². The minimum Gasteiger partial charge on any atom is -0.352 e. The van der Waals surface area contributed by atoms with Gasteiger partial charge in [-0.2, -0.15) is 0 Å². The molecule has 0 rings (SSSR count). The second-order valence-electron chi connectivity index (χ2n) is 1.59. The summed E-state index contributed by atoms with van der Waals surface area (Å²) in [5.74, 6) is 0. The minimum atomic E-state index is -0.487. The summed E-state index contributed by atoms with van der Waals surface area (Å²) in [6, 6.07) is -0.487. The third-order valence-corrected chi connectivity index (χ3v) is 0.792. The van der Waals surface area contributed by atoms with Crippen molar-refractivity contribution in [2.24, 2.45) is 10.7 Å². The van der Waals surface area contributed by atoms with Crippen LogP contribution in [0.15, 0.2) is 4.99 Å². The van der Waals surface area contributed by atoms with Gasteiger partial charge in [-0.25, -0.2) is 4.79 Å². The van der Waals surface area contributed by atoms with Gasteiger partial charge in [0.15, 0.2) is 0 Å². The summed E-state index contributed by atoms with van der Waals surface area (Å²) in [5.41, 5.74) is 4.78. The fraction of sp³-hybridized carbons (Fsp3) is 0.600. The van der Waals surface area contributed by atoms with Gasteiger partial charge in [0.1, 0.15) is 0 Å². The zero-order chi connectivity index (χ0) is 7.11. The first-order chi connectivity index (χ1) is 4.27. The van der Waals surface area contributed by atoms with E-state index in [1.165, 1.54) is 0 Å². The van der Waals surface area contributed by atoms with E-state index in [1.807, 2.05) is 0 Å². The number of rotatable bonds is 4. The molecule has 0 aliphatic carbocycles. The molecule has 2 amide bonds. The van der Waals surface area contributed by atoms with Gasteiger partial charge in [-0.15, -0.1) is 0 Å². The van der Waals surface area contributed by atoms with E-state index >= 15 is 0 Å². The maximum absolute atomic E-state index is 10.0. The van der Waals surface area contributed by atoms with Crippen molar-refractivity contribution in [3.05, 3.63) is 0 Å². The van der Waals surface area contributed by atoms with E-state index < -0.39 is 6.03 Å². The molecule has 0 aromatic carbocycles. The Morgan fingerprint density at radius 1 is 1.78 bits per heavy atom. The fourth-order valence-corrected chi connectivity index (χ4v) is 0.402. The van der Waals surface area contributed by atoms with E-state index in [-0.39, 0.29) is 0 Å². The van der Waals surface area contributed by atoms with E-state index in [2.05, 4.69) is 17.0 Å². The number of carbonyl (C=O) groups excluding carboxylic acids is 1. The number of aliphatic imine (C=N–C) groups is 1. The van der Waals surface area contributed by atoms with Crippen LogP contribution in [0.3, 0.4) is 0 Å². The van der Waals surface area contributed by atoms with Crippen molar-refractivity contribution in [2.45, 2.75) is 6.42 Å². The lowest BCUT2D eigenvalue weighted by Crippen LogP contribution is -2.30. The maximum Gasteiger partial charge on any atom is 0.312 e. The number of nitrogens with one attached hydrogen (secondary N) is 1. The third-order valence-electron chi connectivity index (χ3n) is 0.792. The fourth-order valence-electron chi connectivity index (χ4n) is 0.402. The minimum absolute atomic E-state index is 0.487. The van der Waals surface area contributed by atoms with Crippen molar-refractivity contribution in [3.8, 4) is 0 Å². The molecule has 0 heterocycles. The molecule has 0 aliphatic heterocycles. The van der Waals surface area contributed by atoms with Crippen LogP contribution in [0.2, 0.25) is 0 Å². The monoisotopic (exact) mass is 129 g/mol. The molecule has 0 atom stereocenters. The predicted molar refractivity (Wildman–Crippen MR) is 36.6 cm³/mol. The number of hydrogen-bond donors (Lipinski definition) is 2. The molecule has 0 bridgehead atoms. The normalized spacial score (nSPS) is 8.44. The second-order valence-corrected chi connectivity index (χ2v) is 1.59. The Bertz CT molecular complexity index is 102. The zero-order valence-corrected chi connectivity index (χ0v) is 5.26. The van der Waals surface area contributed by atoms with Crippen molar-refractivity contribution in [1.29, 1.82) is 0 Å². The van der Waals surface area contributed by atoms with Gasteiger partial charge in [0, 0.05) is 13.1 Å². The van der Waals surface area contributed by atoms with Gasteiger partial charge < -0.3 is 16.0 Å². The lowest BCUT2D eigenvalue weighted by Gasteiger charge is -1.96. The van der Waals surface area contributed by atoms with Crippen LogP contribution < -0.4 is 11.1 Å². The average Bonchev–Trinajstić information content (AvgIpc) is 1.80. The molecule has 0 aliphatic rings. The largest absolute Gasteiger partial charge is 0.352 e. The Hall–Kier alpha value is -1.06. The van der Waals surface area contributed by atoms with Crippen molar-refractivity contribution in [1.82, 2.24) is 5.32 Å². The molecular formula is C5H11N3O. The summed E-state index contributed by atoms with van der Waals surface area (Å²) in [6.45, 7) is 4.53. The molecule has 0 aromatic heterocycles. The molecule has 0 unspecified atom stereocenters. The summed E-state index contributed by atoms with van der Waals surface area (Å²) >= 11 is 0. The van der Waals surface area contributed by atoms with Crippen LogP contribution in [0, 0.1) is 0 Å². The van der Waals surface area contributed by atoms with Gasteiger partial charge in [0.25, 0.3) is 0 Å². The number of hydrogen-bond acceptors (Lipinski definition) is 2. The summed E-state index contributed by atoms with van der Waals surface area (Å²) in [6.07, 6.45) is 0.798. The number of urea groups is 1. The Kier molecular flexibility index (Phi) is 4.49. The highest BCUT2D eigenvalue weighted by atomic mass is 16.2. The van der Waals surface area contributed by atoms with Crippen LogP contribution >= 0.6 is 0 Å². The van der Waals surface area contributed by atoms with Crippen molar-refractivity contribution < 1.29 is 4.79 Å². The summed E-state index contributed by atoms with van der Waals surface area (Å²) in [4.78, 5) is 13.6. The number of primary amides is 1. The quantitative estimate of drug-likeness (QED) is 0.398. The zero-order valence-electron chi connectivity index (χ0n) is 5.26. The molecule has 4 heteroatoms. The van der Waals surface area contributed by atoms with E-state index in [0.717, 1.165) is 6.42 Å². The van der Waals surface area contributed by atoms with Gasteiger partial charge in [0.2, 0.25) is 0 Å². The van der Waals surface area contributed by atoms with E-state index in [0.29, 0.717) is 13.1 Å². The molecule has 52 valence electrons. The van der Waals surface area contributed by atoms with Crippen LogP contribution in [0.1, 0.15) is 6.42 Å². The van der Waals surface area contributed by atoms with Gasteiger partial charge in [0.05, 0.1) is 0 Å². The van der Waals surface area contributed by atoms with Gasteiger partial charge in [-0.05, 0) is 13.1 Å². The predicted octanol–water partition coefficient (Wildman–Crippen LogP) is -0.255. The Balaban J connectivity index is 2.91. The summed E-state index contributed by atoms with van der Waals surface area (Å²) in [5, 5.41) is 2.43. The van der Waals surface area contributed by atoms with Crippen molar-refractivity contribution in [2.75, 3.05) is 13.1 Å². The molecule has 0 radical (unpaired) electrons. The highest BCUT2D eigenvalue weighted by Gasteiger charge is 1.87. The highest BCUT2D eigenvalue weighted by molar-refractivity contribution is 5.71. The van der Waals surface area contributed by atoms with E-state index in [9.17, 15) is 4.79 Å². The van der Waals surface area contributed by atoms with Crippen molar-refractivity contribution in [3.63, 3.8) is 0 Å². The highest BCUT2D eigenvalue weighted by Crippen LogP contribution is 1.74. The van der Waals surface area contributed by atoms with Gasteiger partial charge in [-0.1, -0.05) is 0 Å². The number of nitrogens with zero attached hydrogens (tertiary/aromatic N) is 1. The summed E-state index contributed by atoms with van der Waals surface area (Å²) < 4.78 is 0. The number of amides is 2. The lowest BCUT2D eigenvalue weighted by molar-refractivity contribution is 0.249. The van der Waals surface area contributed by atoms with Crippen LogP contribution in [0.4, 0.5) is 4.79 Å². The number of nitrogens with two attached hydrogens (primary N) is 1. The van der Waals surface area contributed by atoms with Crippen LogP contribution in [0.25, 0.3) is 0 Å². The van der Waals surface area contributed by atoms with E-state index in [4.69, 9.17) is 5.73 Å². The molecule has 4 nitrogen and oxygen atoms in total. The number of carbonyl (C=O) groups is 1. The molecule has 0 saturated heterocycles. The molecular weight excluding hydrogens is 118 g/mol. The molecule has 0 fully saturated rings. The molecule has 0 spiro atoms. The van der Waals surface area contributed by atoms with Crippen molar-refractivity contribution >= 4 is 12.7 Å². The summed E-state index contributed by atoms with van der Waals surface area (Å²) in [7, 11) is 0. The van der Waals surface area contributed by atoms with Crippen LogP contribution in [0.5, 0.6) is 0 Å². The molecule has 0 saturated carbocycles.